The number of benzene rings is 1. The van der Waals surface area contributed by atoms with Crippen molar-refractivity contribution in [3.05, 3.63) is 29.0 Å². The molecule has 1 saturated carbocycles. The van der Waals surface area contributed by atoms with Crippen LogP contribution in [0.4, 0.5) is 10.1 Å². The van der Waals surface area contributed by atoms with Crippen molar-refractivity contribution in [3.63, 3.8) is 0 Å². The highest BCUT2D eigenvalue weighted by Gasteiger charge is 2.59. The number of amides is 1. The van der Waals surface area contributed by atoms with Crippen molar-refractivity contribution in [3.8, 4) is 0 Å². The number of hydrogen-bond donors (Lipinski definition) is 1. The summed E-state index contributed by atoms with van der Waals surface area (Å²) in [5, 5.41) is 2.68. The summed E-state index contributed by atoms with van der Waals surface area (Å²) in [6.07, 6.45) is 1.80. The Labute approximate surface area is 127 Å². The lowest BCUT2D eigenvalue weighted by Crippen LogP contribution is -2.28. The minimum absolute atomic E-state index is 0.00776. The third-order valence-corrected chi connectivity index (χ3v) is 6.47. The Morgan fingerprint density at radius 1 is 1.33 bits per heavy atom. The smallest absolute Gasteiger partial charge is 0.228 e. The summed E-state index contributed by atoms with van der Waals surface area (Å²) < 4.78 is 36.2. The lowest BCUT2D eigenvalue weighted by Gasteiger charge is -2.22. The van der Waals surface area contributed by atoms with Gasteiger partial charge in [-0.1, -0.05) is 11.6 Å². The van der Waals surface area contributed by atoms with Crippen molar-refractivity contribution >= 4 is 33.0 Å². The Kier molecular flexibility index (Phi) is 3.48. The first-order valence-corrected chi connectivity index (χ1v) is 8.98. The van der Waals surface area contributed by atoms with Gasteiger partial charge in [0.1, 0.15) is 15.7 Å². The first-order valence-electron chi connectivity index (χ1n) is 6.78. The standard InChI is InChI=1S/C14H15ClFNO3S/c15-11-2-1-9(7-12(11)16)17-13(18)10-8-14(10)3-5-21(19,20)6-4-14/h1-2,7,10H,3-6,8H2,(H,17,18)/t10-/m0/s1. The molecule has 1 amide bonds. The summed E-state index contributed by atoms with van der Waals surface area (Å²) in [6, 6.07) is 4.12. The highest BCUT2D eigenvalue weighted by molar-refractivity contribution is 7.91. The molecule has 1 saturated heterocycles. The first-order chi connectivity index (χ1) is 9.81. The molecule has 4 nitrogen and oxygen atoms in total. The molecule has 7 heteroatoms. The zero-order valence-corrected chi connectivity index (χ0v) is 12.8. The third kappa shape index (κ3) is 2.92. The van der Waals surface area contributed by atoms with E-state index in [4.69, 9.17) is 11.6 Å². The molecule has 1 aromatic carbocycles. The maximum absolute atomic E-state index is 13.3. The van der Waals surface area contributed by atoms with Gasteiger partial charge in [0.05, 0.1) is 16.5 Å². The van der Waals surface area contributed by atoms with Crippen LogP contribution >= 0.6 is 11.6 Å². The van der Waals surface area contributed by atoms with Gasteiger partial charge >= 0.3 is 0 Å². The molecule has 0 radical (unpaired) electrons. The van der Waals surface area contributed by atoms with Crippen molar-refractivity contribution in [1.82, 2.24) is 0 Å². The SMILES string of the molecule is O=C(Nc1ccc(Cl)c(F)c1)[C@@H]1CC12CCS(=O)(=O)CC2. The van der Waals surface area contributed by atoms with Crippen LogP contribution < -0.4 is 5.32 Å². The average molecular weight is 332 g/mol. The molecule has 2 aliphatic rings. The lowest BCUT2D eigenvalue weighted by atomic mass is 9.96. The van der Waals surface area contributed by atoms with E-state index in [9.17, 15) is 17.6 Å². The fourth-order valence-corrected chi connectivity index (χ4v) is 4.78. The molecule has 0 unspecified atom stereocenters. The molecule has 1 heterocycles. The van der Waals surface area contributed by atoms with Crippen LogP contribution in [0, 0.1) is 17.2 Å². The monoisotopic (exact) mass is 331 g/mol. The van der Waals surface area contributed by atoms with E-state index in [2.05, 4.69) is 5.32 Å². The first kappa shape index (κ1) is 14.8. The van der Waals surface area contributed by atoms with Crippen LogP contribution in [0.2, 0.25) is 5.02 Å². The maximum atomic E-state index is 13.3. The van der Waals surface area contributed by atoms with E-state index >= 15 is 0 Å². The summed E-state index contributed by atoms with van der Waals surface area (Å²) in [5.74, 6) is -0.606. The number of nitrogens with one attached hydrogen (secondary N) is 1. The minimum Gasteiger partial charge on any atom is -0.326 e. The quantitative estimate of drug-likeness (QED) is 0.906. The predicted molar refractivity (Wildman–Crippen MR) is 78.5 cm³/mol. The van der Waals surface area contributed by atoms with Gasteiger partial charge in [-0.05, 0) is 42.9 Å². The molecule has 1 aliphatic carbocycles. The van der Waals surface area contributed by atoms with E-state index in [1.165, 1.54) is 12.1 Å². The minimum atomic E-state index is -2.93. The molecule has 1 aromatic rings. The molecule has 0 aromatic heterocycles. The molecule has 1 atom stereocenters. The zero-order chi connectivity index (χ0) is 15.3. The molecule has 3 rings (SSSR count). The molecule has 1 spiro atoms. The van der Waals surface area contributed by atoms with Gasteiger partial charge in [0.2, 0.25) is 5.91 Å². The van der Waals surface area contributed by atoms with Crippen LogP contribution in [0.25, 0.3) is 0 Å². The highest BCUT2D eigenvalue weighted by atomic mass is 35.5. The Bertz CT molecular complexity index is 690. The largest absolute Gasteiger partial charge is 0.326 e. The normalized spacial score (nSPS) is 25.5. The topological polar surface area (TPSA) is 63.2 Å². The van der Waals surface area contributed by atoms with Crippen molar-refractivity contribution < 1.29 is 17.6 Å². The Hall–Kier alpha value is -1.14. The number of sulfone groups is 1. The fourth-order valence-electron chi connectivity index (χ4n) is 3.02. The second-order valence-corrected chi connectivity index (χ2v) is 8.60. The highest BCUT2D eigenvalue weighted by Crippen LogP contribution is 2.60. The van der Waals surface area contributed by atoms with Crippen molar-refractivity contribution in [1.29, 1.82) is 0 Å². The third-order valence-electron chi connectivity index (χ3n) is 4.52. The molecule has 2 fully saturated rings. The number of hydrogen-bond acceptors (Lipinski definition) is 3. The number of carbonyl (C=O) groups excluding carboxylic acids is 1. The average Bonchev–Trinajstić information content (AvgIpc) is 3.13. The molecule has 1 N–H and O–H groups in total. The summed E-state index contributed by atoms with van der Waals surface area (Å²) in [4.78, 5) is 12.2. The molecule has 1 aliphatic heterocycles. The predicted octanol–water partition coefficient (Wildman–Crippen LogP) is 2.63. The van der Waals surface area contributed by atoms with Crippen LogP contribution in [0.15, 0.2) is 18.2 Å². The van der Waals surface area contributed by atoms with E-state index in [-0.39, 0.29) is 33.8 Å². The summed E-state index contributed by atoms with van der Waals surface area (Å²) in [5.41, 5.74) is 0.202. The van der Waals surface area contributed by atoms with E-state index in [1.54, 1.807) is 6.07 Å². The molecule has 114 valence electrons. The second kappa shape index (κ2) is 4.95. The molecule has 21 heavy (non-hydrogen) atoms. The van der Waals surface area contributed by atoms with E-state index in [1.807, 2.05) is 0 Å². The van der Waals surface area contributed by atoms with E-state index in [0.29, 0.717) is 24.9 Å². The number of carbonyl (C=O) groups is 1. The molecular weight excluding hydrogens is 317 g/mol. The van der Waals surface area contributed by atoms with Crippen LogP contribution in [0.3, 0.4) is 0 Å². The molecular formula is C14H15ClFNO3S. The van der Waals surface area contributed by atoms with E-state index in [0.717, 1.165) is 0 Å². The summed E-state index contributed by atoms with van der Waals surface area (Å²) in [6.45, 7) is 0. The van der Waals surface area contributed by atoms with Crippen molar-refractivity contribution in [2.75, 3.05) is 16.8 Å². The van der Waals surface area contributed by atoms with Gasteiger partial charge in [0.25, 0.3) is 0 Å². The van der Waals surface area contributed by atoms with Crippen LogP contribution in [0.5, 0.6) is 0 Å². The maximum Gasteiger partial charge on any atom is 0.228 e. The van der Waals surface area contributed by atoms with Gasteiger partial charge in [0, 0.05) is 11.6 Å². The van der Waals surface area contributed by atoms with Crippen molar-refractivity contribution in [2.24, 2.45) is 11.3 Å². The number of halogens is 2. The van der Waals surface area contributed by atoms with Gasteiger partial charge in [-0.3, -0.25) is 4.79 Å². The Morgan fingerprint density at radius 2 is 2.00 bits per heavy atom. The van der Waals surface area contributed by atoms with Crippen LogP contribution in [0.1, 0.15) is 19.3 Å². The van der Waals surface area contributed by atoms with Crippen molar-refractivity contribution in [2.45, 2.75) is 19.3 Å². The summed E-state index contributed by atoms with van der Waals surface area (Å²) in [7, 11) is -2.93. The molecule has 0 bridgehead atoms. The van der Waals surface area contributed by atoms with Gasteiger partial charge in [-0.25, -0.2) is 12.8 Å². The van der Waals surface area contributed by atoms with Gasteiger partial charge in [-0.15, -0.1) is 0 Å². The Morgan fingerprint density at radius 3 is 2.62 bits per heavy atom. The zero-order valence-electron chi connectivity index (χ0n) is 11.2. The number of rotatable bonds is 2. The van der Waals surface area contributed by atoms with Gasteiger partial charge in [0.15, 0.2) is 0 Å². The lowest BCUT2D eigenvalue weighted by molar-refractivity contribution is -0.118. The van der Waals surface area contributed by atoms with Crippen LogP contribution in [-0.4, -0.2) is 25.8 Å². The van der Waals surface area contributed by atoms with Crippen LogP contribution in [-0.2, 0) is 14.6 Å². The summed E-state index contributed by atoms with van der Waals surface area (Å²) >= 11 is 5.59. The van der Waals surface area contributed by atoms with Gasteiger partial charge < -0.3 is 5.32 Å². The van der Waals surface area contributed by atoms with Gasteiger partial charge in [-0.2, -0.15) is 0 Å². The van der Waals surface area contributed by atoms with E-state index < -0.39 is 15.7 Å². The number of anilines is 1. The second-order valence-electron chi connectivity index (χ2n) is 5.89. The fraction of sp³-hybridized carbons (Fsp3) is 0.500. The Balaban J connectivity index is 1.64.